The van der Waals surface area contributed by atoms with Gasteiger partial charge in [0.25, 0.3) is 0 Å². The molecule has 1 aromatic rings. The first-order valence-electron chi connectivity index (χ1n) is 5.84. The fraction of sp³-hybridized carbons (Fsp3) is 0.545. The van der Waals surface area contributed by atoms with Crippen LogP contribution in [0, 0.1) is 5.41 Å². The van der Waals surface area contributed by atoms with Crippen molar-refractivity contribution in [2.45, 2.75) is 31.5 Å². The molecule has 0 bridgehead atoms. The summed E-state index contributed by atoms with van der Waals surface area (Å²) in [7, 11) is 0. The fourth-order valence-electron chi connectivity index (χ4n) is 2.35. The highest BCUT2D eigenvalue weighted by Gasteiger charge is 2.53. The van der Waals surface area contributed by atoms with Gasteiger partial charge in [0, 0.05) is 13.1 Å². The molecule has 0 radical (unpaired) electrons. The molecule has 2 aliphatic rings. The second-order valence-corrected chi connectivity index (χ2v) is 4.41. The van der Waals surface area contributed by atoms with Gasteiger partial charge in [0.1, 0.15) is 6.10 Å². The van der Waals surface area contributed by atoms with Crippen LogP contribution in [0.4, 0.5) is 0 Å². The van der Waals surface area contributed by atoms with Crippen LogP contribution in [0.5, 0.6) is 6.01 Å². The summed E-state index contributed by atoms with van der Waals surface area (Å²) in [5, 5.41) is 16.7. The van der Waals surface area contributed by atoms with Crippen LogP contribution in [-0.4, -0.2) is 45.5 Å². The van der Waals surface area contributed by atoms with Crippen LogP contribution in [-0.2, 0) is 14.3 Å². The minimum Gasteiger partial charge on any atom is -0.456 e. The van der Waals surface area contributed by atoms with E-state index in [1.165, 1.54) is 13.0 Å². The van der Waals surface area contributed by atoms with E-state index in [1.807, 2.05) is 0 Å². The molecule has 2 N–H and O–H groups in total. The zero-order valence-corrected chi connectivity index (χ0v) is 11.4. The largest absolute Gasteiger partial charge is 0.456 e. The number of carbonyl (C=O) groups excluding carboxylic acids is 1. The van der Waals surface area contributed by atoms with E-state index in [4.69, 9.17) is 19.6 Å². The zero-order chi connectivity index (χ0) is 13.6. The van der Waals surface area contributed by atoms with Crippen LogP contribution in [0.25, 0.3) is 0 Å². The third kappa shape index (κ3) is 2.26. The molecule has 0 spiro atoms. The number of ether oxygens (including phenoxy) is 3. The number of aliphatic hydroxyl groups excluding tert-OH is 1. The molecule has 9 heteroatoms. The molecule has 0 aromatic carbocycles. The van der Waals surface area contributed by atoms with Gasteiger partial charge >= 0.3 is 12.0 Å². The van der Waals surface area contributed by atoms with Crippen LogP contribution in [0.3, 0.4) is 0 Å². The molecular formula is C11H14ClN3O5. The number of rotatable bonds is 2. The van der Waals surface area contributed by atoms with Gasteiger partial charge in [-0.2, -0.15) is 4.98 Å². The van der Waals surface area contributed by atoms with Gasteiger partial charge in [0.05, 0.1) is 6.61 Å². The summed E-state index contributed by atoms with van der Waals surface area (Å²) in [4.78, 5) is 15.0. The molecule has 1 fully saturated rings. The summed E-state index contributed by atoms with van der Waals surface area (Å²) in [5.41, 5.74) is 0.0777. The number of nitrogens with one attached hydrogen (secondary N) is 1. The number of hydrogen-bond acceptors (Lipinski definition) is 7. The Bertz CT molecular complexity index is 577. The third-order valence-corrected chi connectivity index (χ3v) is 3.11. The average molecular weight is 304 g/mol. The molecule has 3 rings (SSSR count). The highest BCUT2D eigenvalue weighted by atomic mass is 35.5. The molecule has 4 atom stereocenters. The minimum absolute atomic E-state index is 0. The molecule has 2 aliphatic heterocycles. The summed E-state index contributed by atoms with van der Waals surface area (Å²) in [6, 6.07) is 1.75. The number of aliphatic hydroxyl groups is 1. The van der Waals surface area contributed by atoms with Crippen molar-refractivity contribution in [1.29, 1.82) is 5.41 Å². The average Bonchev–Trinajstić information content (AvgIpc) is 2.85. The highest BCUT2D eigenvalue weighted by molar-refractivity contribution is 5.85. The predicted octanol–water partition coefficient (Wildman–Crippen LogP) is -0.633. The number of carbonyl (C=O) groups is 1. The lowest BCUT2D eigenvalue weighted by Gasteiger charge is -2.19. The van der Waals surface area contributed by atoms with E-state index in [9.17, 15) is 9.90 Å². The quantitative estimate of drug-likeness (QED) is 0.704. The lowest BCUT2D eigenvalue weighted by atomic mass is 10.1. The molecule has 0 unspecified atom stereocenters. The normalized spacial score (nSPS) is 29.9. The van der Waals surface area contributed by atoms with E-state index in [0.717, 1.165) is 0 Å². The minimum atomic E-state index is -0.691. The highest BCUT2D eigenvalue weighted by Crippen LogP contribution is 2.39. The van der Waals surface area contributed by atoms with Gasteiger partial charge in [-0.1, -0.05) is 0 Å². The number of hydrogen-bond donors (Lipinski definition) is 2. The van der Waals surface area contributed by atoms with Gasteiger partial charge in [-0.05, 0) is 6.07 Å². The Labute approximate surface area is 120 Å². The number of halogens is 1. The number of aromatic nitrogens is 2. The molecule has 8 nitrogen and oxygen atoms in total. The summed E-state index contributed by atoms with van der Waals surface area (Å²) in [6.45, 7) is 1.02. The summed E-state index contributed by atoms with van der Waals surface area (Å²) < 4.78 is 18.0. The second kappa shape index (κ2) is 5.39. The van der Waals surface area contributed by atoms with E-state index < -0.39 is 30.5 Å². The molecule has 0 amide bonds. The maximum absolute atomic E-state index is 11.1. The van der Waals surface area contributed by atoms with E-state index in [-0.39, 0.29) is 30.5 Å². The van der Waals surface area contributed by atoms with Crippen molar-refractivity contribution in [3.63, 3.8) is 0 Å². The third-order valence-electron chi connectivity index (χ3n) is 3.11. The number of fused-ring (bicyclic) bond motifs is 3. The van der Waals surface area contributed by atoms with Crippen LogP contribution in [0.2, 0.25) is 0 Å². The monoisotopic (exact) mass is 303 g/mol. The van der Waals surface area contributed by atoms with Crippen molar-refractivity contribution in [1.82, 2.24) is 9.55 Å². The van der Waals surface area contributed by atoms with E-state index in [1.54, 1.807) is 10.8 Å². The van der Waals surface area contributed by atoms with Crippen LogP contribution < -0.4 is 10.2 Å². The Hall–Kier alpha value is -1.64. The standard InChI is InChI=1S/C11H13N3O5.ClH/c1-5(16)17-8-6(4-15)18-10-9(8)19-11-13-7(12)2-3-14(10)11;/h2-3,6,8-10,12,15H,4H2,1H3;1H/t6-,8-,9+,10-;/m1./s1. The molecule has 110 valence electrons. The molecule has 3 heterocycles. The van der Waals surface area contributed by atoms with E-state index in [0.29, 0.717) is 0 Å². The maximum Gasteiger partial charge on any atom is 0.303 e. The van der Waals surface area contributed by atoms with Crippen molar-refractivity contribution in [2.24, 2.45) is 0 Å². The zero-order valence-electron chi connectivity index (χ0n) is 10.6. The van der Waals surface area contributed by atoms with Gasteiger partial charge in [0.15, 0.2) is 23.9 Å². The first-order valence-corrected chi connectivity index (χ1v) is 5.84. The molecule has 1 saturated heterocycles. The summed E-state index contributed by atoms with van der Waals surface area (Å²) in [5.74, 6) is -0.466. The van der Waals surface area contributed by atoms with E-state index in [2.05, 4.69) is 4.98 Å². The van der Waals surface area contributed by atoms with Gasteiger partial charge in [-0.15, -0.1) is 12.4 Å². The second-order valence-electron chi connectivity index (χ2n) is 4.41. The van der Waals surface area contributed by atoms with Gasteiger partial charge in [-0.3, -0.25) is 14.8 Å². The van der Waals surface area contributed by atoms with Gasteiger partial charge < -0.3 is 19.3 Å². The Kier molecular flexibility index (Phi) is 3.98. The van der Waals surface area contributed by atoms with Crippen LogP contribution in [0.15, 0.2) is 12.3 Å². The van der Waals surface area contributed by atoms with Crippen molar-refractivity contribution in [2.75, 3.05) is 6.61 Å². The molecule has 0 aliphatic carbocycles. The molecule has 20 heavy (non-hydrogen) atoms. The van der Waals surface area contributed by atoms with Crippen molar-refractivity contribution in [3.05, 3.63) is 17.8 Å². The molecule has 1 aromatic heterocycles. The van der Waals surface area contributed by atoms with Crippen molar-refractivity contribution >= 4 is 18.4 Å². The SMILES string of the molecule is CC(=O)O[C@H]1[C@@H]2Oc3nc(=N)ccn3[C@@H]2O[C@@H]1CO.Cl. The Morgan fingerprint density at radius 3 is 3.05 bits per heavy atom. The predicted molar refractivity (Wildman–Crippen MR) is 66.3 cm³/mol. The van der Waals surface area contributed by atoms with Crippen LogP contribution >= 0.6 is 12.4 Å². The number of nitrogens with zero attached hydrogens (tertiary/aromatic N) is 2. The molecule has 0 saturated carbocycles. The summed E-state index contributed by atoms with van der Waals surface area (Å²) in [6.07, 6.45) is -0.765. The lowest BCUT2D eigenvalue weighted by molar-refractivity contribution is -0.153. The Balaban J connectivity index is 0.00000147. The van der Waals surface area contributed by atoms with Gasteiger partial charge in [0.2, 0.25) is 0 Å². The van der Waals surface area contributed by atoms with Crippen LogP contribution in [0.1, 0.15) is 13.2 Å². The van der Waals surface area contributed by atoms with Gasteiger partial charge in [-0.25, -0.2) is 0 Å². The Morgan fingerprint density at radius 2 is 2.40 bits per heavy atom. The lowest BCUT2D eigenvalue weighted by Crippen LogP contribution is -2.38. The first kappa shape index (κ1) is 14.8. The van der Waals surface area contributed by atoms with Crippen molar-refractivity contribution in [3.8, 4) is 6.01 Å². The Morgan fingerprint density at radius 1 is 1.65 bits per heavy atom. The number of esters is 1. The molecular weight excluding hydrogens is 290 g/mol. The van der Waals surface area contributed by atoms with Crippen molar-refractivity contribution < 1.29 is 24.1 Å². The maximum atomic E-state index is 11.1. The smallest absolute Gasteiger partial charge is 0.303 e. The van der Waals surface area contributed by atoms with E-state index >= 15 is 0 Å². The first-order chi connectivity index (χ1) is 9.10. The fourth-order valence-corrected chi connectivity index (χ4v) is 2.35. The topological polar surface area (TPSA) is 107 Å². The summed E-state index contributed by atoms with van der Waals surface area (Å²) >= 11 is 0.